The van der Waals surface area contributed by atoms with Crippen molar-refractivity contribution in [1.29, 1.82) is 0 Å². The third kappa shape index (κ3) is 4.43. The lowest BCUT2D eigenvalue weighted by Crippen LogP contribution is -2.49. The van der Waals surface area contributed by atoms with Gasteiger partial charge in [0, 0.05) is 38.1 Å². The van der Waals surface area contributed by atoms with Crippen LogP contribution in [0.3, 0.4) is 0 Å². The molecule has 2 aliphatic heterocycles. The van der Waals surface area contributed by atoms with Crippen LogP contribution in [0.1, 0.15) is 23.8 Å². The molecule has 36 heavy (non-hydrogen) atoms. The molecule has 188 valence electrons. The van der Waals surface area contributed by atoms with Crippen LogP contribution in [0, 0.1) is 0 Å². The van der Waals surface area contributed by atoms with Crippen LogP contribution in [0.4, 0.5) is 35.3 Å². The molecule has 1 fully saturated rings. The van der Waals surface area contributed by atoms with Gasteiger partial charge in [-0.05, 0) is 43.7 Å². The first-order chi connectivity index (χ1) is 17.1. The van der Waals surface area contributed by atoms with E-state index in [-0.39, 0.29) is 17.6 Å². The maximum Gasteiger partial charge on any atom is 0.408 e. The molecule has 2 bridgehead atoms. The Morgan fingerprint density at radius 2 is 2.00 bits per heavy atom. The second kappa shape index (κ2) is 8.81. The molecule has 0 saturated carbocycles. The molecule has 5 heterocycles. The number of carbonyl (C=O) groups excluding carboxylic acids is 2. The predicted molar refractivity (Wildman–Crippen MR) is 126 cm³/mol. The van der Waals surface area contributed by atoms with Crippen LogP contribution in [0.25, 0.3) is 11.3 Å². The minimum atomic E-state index is -4.59. The van der Waals surface area contributed by atoms with E-state index in [9.17, 15) is 22.8 Å². The minimum absolute atomic E-state index is 0.208. The highest BCUT2D eigenvalue weighted by atomic mass is 19.4. The van der Waals surface area contributed by atoms with Crippen molar-refractivity contribution in [3.8, 4) is 11.3 Å². The lowest BCUT2D eigenvalue weighted by atomic mass is 10.1. The number of nitrogens with one attached hydrogen (secondary N) is 2. The Bertz CT molecular complexity index is 1320. The number of alkyl halides is 3. The number of amides is 3. The Hall–Kier alpha value is -4.16. The Labute approximate surface area is 204 Å². The van der Waals surface area contributed by atoms with E-state index in [0.717, 1.165) is 18.2 Å². The van der Waals surface area contributed by atoms with Gasteiger partial charge in [-0.25, -0.2) is 14.8 Å². The van der Waals surface area contributed by atoms with Gasteiger partial charge in [0.25, 0.3) is 5.91 Å². The highest BCUT2D eigenvalue weighted by Crippen LogP contribution is 2.39. The molecule has 3 aromatic rings. The maximum absolute atomic E-state index is 13.4. The molecule has 0 aliphatic carbocycles. The topological polar surface area (TPSA) is 108 Å². The number of hydrogen-bond donors (Lipinski definition) is 2. The number of anilines is 3. The molecule has 10 nitrogen and oxygen atoms in total. The predicted octanol–water partition coefficient (Wildman–Crippen LogP) is 3.19. The number of nitrogens with zero attached hydrogens (tertiary/aromatic N) is 6. The second-order valence-electron chi connectivity index (χ2n) is 8.77. The lowest BCUT2D eigenvalue weighted by Gasteiger charge is -2.35. The van der Waals surface area contributed by atoms with Crippen LogP contribution in [0.2, 0.25) is 0 Å². The summed E-state index contributed by atoms with van der Waals surface area (Å²) in [5.74, 6) is -0.451. The fourth-order valence-corrected chi connectivity index (χ4v) is 4.35. The van der Waals surface area contributed by atoms with Crippen LogP contribution in [-0.2, 0) is 7.05 Å². The SMILES string of the molecule is C[C@@H](NC(=O)c1ccc2c(n1)N(C(=O)Nc1cc(-c3ccn(C)n3)ccn1)[C@H]1CCN2C1)C(F)(F)F. The zero-order valence-electron chi connectivity index (χ0n) is 19.5. The van der Waals surface area contributed by atoms with Crippen LogP contribution in [0.15, 0.2) is 42.7 Å². The van der Waals surface area contributed by atoms with Crippen LogP contribution in [0.5, 0.6) is 0 Å². The monoisotopic (exact) mass is 500 g/mol. The minimum Gasteiger partial charge on any atom is -0.366 e. The first-order valence-corrected chi connectivity index (χ1v) is 11.3. The molecule has 3 aromatic heterocycles. The van der Waals surface area contributed by atoms with Gasteiger partial charge in [0.2, 0.25) is 0 Å². The fourth-order valence-electron chi connectivity index (χ4n) is 4.35. The van der Waals surface area contributed by atoms with E-state index in [1.54, 1.807) is 42.3 Å². The van der Waals surface area contributed by atoms with Gasteiger partial charge in [0.05, 0.1) is 17.4 Å². The highest BCUT2D eigenvalue weighted by Gasteiger charge is 2.41. The van der Waals surface area contributed by atoms with Gasteiger partial charge >= 0.3 is 12.2 Å². The van der Waals surface area contributed by atoms with Gasteiger partial charge < -0.3 is 10.2 Å². The number of hydrogen-bond acceptors (Lipinski definition) is 6. The first kappa shape index (κ1) is 23.6. The van der Waals surface area contributed by atoms with E-state index in [2.05, 4.69) is 20.4 Å². The Kier molecular flexibility index (Phi) is 5.77. The smallest absolute Gasteiger partial charge is 0.366 e. The van der Waals surface area contributed by atoms with Crippen molar-refractivity contribution in [2.45, 2.75) is 31.6 Å². The summed E-state index contributed by atoms with van der Waals surface area (Å²) in [7, 11) is 1.80. The van der Waals surface area contributed by atoms with Crippen LogP contribution < -0.4 is 20.4 Å². The zero-order valence-corrected chi connectivity index (χ0v) is 19.5. The number of aryl methyl sites for hydroxylation is 1. The number of pyridine rings is 2. The number of fused-ring (bicyclic) bond motifs is 4. The molecule has 13 heteroatoms. The van der Waals surface area contributed by atoms with Crippen molar-refractivity contribution >= 4 is 29.3 Å². The largest absolute Gasteiger partial charge is 0.408 e. The van der Waals surface area contributed by atoms with E-state index in [0.29, 0.717) is 31.0 Å². The van der Waals surface area contributed by atoms with E-state index in [1.165, 1.54) is 11.0 Å². The molecule has 3 amide bonds. The summed E-state index contributed by atoms with van der Waals surface area (Å²) < 4.78 is 40.4. The van der Waals surface area contributed by atoms with Crippen LogP contribution in [-0.4, -0.2) is 63.0 Å². The summed E-state index contributed by atoms with van der Waals surface area (Å²) in [6.45, 7) is 2.13. The Morgan fingerprint density at radius 3 is 2.72 bits per heavy atom. The molecule has 5 rings (SSSR count). The number of halogens is 3. The van der Waals surface area contributed by atoms with Crippen molar-refractivity contribution in [2.24, 2.45) is 7.05 Å². The number of carbonyl (C=O) groups is 2. The van der Waals surface area contributed by atoms with Crippen molar-refractivity contribution in [3.05, 3.63) is 48.4 Å². The zero-order chi connectivity index (χ0) is 25.6. The summed E-state index contributed by atoms with van der Waals surface area (Å²) in [5, 5.41) is 9.05. The summed E-state index contributed by atoms with van der Waals surface area (Å²) in [6.07, 6.45) is -0.543. The molecule has 0 aromatic carbocycles. The molecule has 2 atom stereocenters. The summed E-state index contributed by atoms with van der Waals surface area (Å²) in [4.78, 5) is 37.9. The van der Waals surface area contributed by atoms with E-state index >= 15 is 0 Å². The highest BCUT2D eigenvalue weighted by molar-refractivity contribution is 6.05. The maximum atomic E-state index is 13.4. The number of urea groups is 1. The van der Waals surface area contributed by atoms with Gasteiger partial charge in [-0.2, -0.15) is 18.3 Å². The molecule has 1 saturated heterocycles. The van der Waals surface area contributed by atoms with Gasteiger partial charge in [0.15, 0.2) is 5.82 Å². The molecule has 0 spiro atoms. The molecular formula is C23H23F3N8O2. The fraction of sp³-hybridized carbons (Fsp3) is 0.348. The van der Waals surface area contributed by atoms with Crippen molar-refractivity contribution in [3.63, 3.8) is 0 Å². The summed E-state index contributed by atoms with van der Waals surface area (Å²) >= 11 is 0. The lowest BCUT2D eigenvalue weighted by molar-refractivity contribution is -0.149. The van der Waals surface area contributed by atoms with Crippen molar-refractivity contribution in [2.75, 3.05) is 28.2 Å². The van der Waals surface area contributed by atoms with Gasteiger partial charge in [-0.1, -0.05) is 0 Å². The standard InChI is InChI=1S/C23H23F3N8O2/c1-13(23(24,25)26)28-21(35)17-3-4-18-20(29-17)34(15-6-10-33(18)12-15)22(36)30-19-11-14(5-8-27-19)16-7-9-32(2)31-16/h3-5,7-9,11,13,15H,6,10,12H2,1-2H3,(H,28,35)(H,27,30,36)/t13-,15+/m1/s1. The van der Waals surface area contributed by atoms with Gasteiger partial charge in [-0.15, -0.1) is 0 Å². The van der Waals surface area contributed by atoms with Gasteiger partial charge in [0.1, 0.15) is 17.6 Å². The van der Waals surface area contributed by atoms with Crippen molar-refractivity contribution < 1.29 is 22.8 Å². The van der Waals surface area contributed by atoms with Crippen molar-refractivity contribution in [1.82, 2.24) is 25.1 Å². The van der Waals surface area contributed by atoms with E-state index < -0.39 is 24.2 Å². The van der Waals surface area contributed by atoms with E-state index in [4.69, 9.17) is 0 Å². The average Bonchev–Trinajstić information content (AvgIpc) is 3.45. The normalized spacial score (nSPS) is 17.5. The van der Waals surface area contributed by atoms with E-state index in [1.807, 2.05) is 16.3 Å². The number of aromatic nitrogens is 4. The molecule has 0 radical (unpaired) electrons. The Morgan fingerprint density at radius 1 is 1.19 bits per heavy atom. The summed E-state index contributed by atoms with van der Waals surface area (Å²) in [5.41, 5.74) is 1.91. The molecule has 2 N–H and O–H groups in total. The first-order valence-electron chi connectivity index (χ1n) is 11.3. The molecular weight excluding hydrogens is 477 g/mol. The second-order valence-corrected chi connectivity index (χ2v) is 8.77. The van der Waals surface area contributed by atoms with Gasteiger partial charge in [-0.3, -0.25) is 19.7 Å². The third-order valence-corrected chi connectivity index (χ3v) is 6.25. The summed E-state index contributed by atoms with van der Waals surface area (Å²) in [6, 6.07) is 5.53. The third-order valence-electron chi connectivity index (χ3n) is 6.25. The number of rotatable bonds is 4. The Balaban J connectivity index is 1.41. The van der Waals surface area contributed by atoms with Crippen LogP contribution >= 0.6 is 0 Å². The quantitative estimate of drug-likeness (QED) is 0.570. The molecule has 0 unspecified atom stereocenters. The molecule has 2 aliphatic rings. The average molecular weight is 500 g/mol.